The molecule has 0 aliphatic carbocycles. The van der Waals surface area contributed by atoms with Gasteiger partial charge in [0.25, 0.3) is 0 Å². The van der Waals surface area contributed by atoms with E-state index in [1.165, 1.54) is 6.07 Å². The Labute approximate surface area is 121 Å². The molecule has 1 heterocycles. The number of nitrogens with zero attached hydrogens (tertiary/aromatic N) is 1. The smallest absolute Gasteiger partial charge is 0.338 e. The molecule has 7 heteroatoms. The van der Waals surface area contributed by atoms with E-state index in [1.54, 1.807) is 4.90 Å². The van der Waals surface area contributed by atoms with Gasteiger partial charge in [-0.1, -0.05) is 0 Å². The molecule has 0 aromatic heterocycles. The fourth-order valence-corrected chi connectivity index (χ4v) is 2.15. The van der Waals surface area contributed by atoms with Gasteiger partial charge in [-0.05, 0) is 31.5 Å². The summed E-state index contributed by atoms with van der Waals surface area (Å²) in [5.41, 5.74) is -0.204. The number of aromatic carboxylic acids is 1. The van der Waals surface area contributed by atoms with E-state index in [0.29, 0.717) is 19.7 Å². The van der Waals surface area contributed by atoms with Gasteiger partial charge in [0.1, 0.15) is 5.82 Å². The van der Waals surface area contributed by atoms with Crippen LogP contribution in [0.2, 0.25) is 0 Å². The van der Waals surface area contributed by atoms with Crippen LogP contribution in [0, 0.1) is 5.82 Å². The molecule has 6 nitrogen and oxygen atoms in total. The van der Waals surface area contributed by atoms with Crippen LogP contribution < -0.4 is 5.32 Å². The fourth-order valence-electron chi connectivity index (χ4n) is 2.15. The second kappa shape index (κ2) is 6.53. The van der Waals surface area contributed by atoms with Crippen LogP contribution in [0.4, 0.5) is 14.9 Å². The molecule has 1 aromatic rings. The van der Waals surface area contributed by atoms with Gasteiger partial charge >= 0.3 is 12.0 Å². The molecule has 0 radical (unpaired) electrons. The van der Waals surface area contributed by atoms with Gasteiger partial charge in [0.05, 0.1) is 11.7 Å². The first kappa shape index (κ1) is 15.2. The molecule has 1 unspecified atom stereocenters. The highest BCUT2D eigenvalue weighted by Crippen LogP contribution is 2.16. The third kappa shape index (κ3) is 3.91. The number of benzene rings is 1. The Hall–Kier alpha value is -2.15. The number of carboxylic acid groups (broad SMARTS) is 1. The first-order valence-electron chi connectivity index (χ1n) is 6.67. The van der Waals surface area contributed by atoms with Crippen molar-refractivity contribution < 1.29 is 23.8 Å². The fraction of sp³-hybridized carbons (Fsp3) is 0.429. The number of halogens is 1. The number of rotatable bonds is 2. The van der Waals surface area contributed by atoms with Crippen LogP contribution in [-0.4, -0.2) is 47.8 Å². The molecule has 21 heavy (non-hydrogen) atoms. The van der Waals surface area contributed by atoms with Gasteiger partial charge in [0.2, 0.25) is 0 Å². The molecule has 114 valence electrons. The zero-order valence-corrected chi connectivity index (χ0v) is 11.6. The van der Waals surface area contributed by atoms with E-state index >= 15 is 0 Å². The van der Waals surface area contributed by atoms with Gasteiger partial charge in [-0.2, -0.15) is 0 Å². The van der Waals surface area contributed by atoms with E-state index in [2.05, 4.69) is 5.32 Å². The third-order valence-corrected chi connectivity index (χ3v) is 3.19. The molecule has 0 spiro atoms. The Kier molecular flexibility index (Phi) is 4.74. The Morgan fingerprint density at radius 2 is 2.24 bits per heavy atom. The molecule has 2 amide bonds. The SMILES string of the molecule is CC1CN(C(=O)Nc2ccc(C(=O)O)c(F)c2)CCCO1. The molecular weight excluding hydrogens is 279 g/mol. The summed E-state index contributed by atoms with van der Waals surface area (Å²) in [6, 6.07) is 3.14. The van der Waals surface area contributed by atoms with Crippen LogP contribution in [0.1, 0.15) is 23.7 Å². The molecular formula is C14H17FN2O4. The Morgan fingerprint density at radius 1 is 1.48 bits per heavy atom. The number of urea groups is 1. The van der Waals surface area contributed by atoms with Crippen LogP contribution in [0.3, 0.4) is 0 Å². The summed E-state index contributed by atoms with van der Waals surface area (Å²) < 4.78 is 19.0. The van der Waals surface area contributed by atoms with Crippen molar-refractivity contribution >= 4 is 17.7 Å². The lowest BCUT2D eigenvalue weighted by atomic mass is 10.2. The summed E-state index contributed by atoms with van der Waals surface area (Å²) in [6.45, 7) is 3.51. The van der Waals surface area contributed by atoms with Gasteiger partial charge in [-0.25, -0.2) is 14.0 Å². The Balaban J connectivity index is 2.05. The summed E-state index contributed by atoms with van der Waals surface area (Å²) >= 11 is 0. The maximum atomic E-state index is 13.6. The lowest BCUT2D eigenvalue weighted by Crippen LogP contribution is -2.38. The van der Waals surface area contributed by atoms with E-state index in [4.69, 9.17) is 9.84 Å². The third-order valence-electron chi connectivity index (χ3n) is 3.19. The summed E-state index contributed by atoms with van der Waals surface area (Å²) in [5, 5.41) is 11.3. The molecule has 0 saturated carbocycles. The van der Waals surface area contributed by atoms with Gasteiger partial charge in [-0.15, -0.1) is 0 Å². The molecule has 1 aliphatic heterocycles. The number of hydrogen-bond acceptors (Lipinski definition) is 3. The van der Waals surface area contributed by atoms with Crippen LogP contribution in [-0.2, 0) is 4.74 Å². The maximum absolute atomic E-state index is 13.6. The van der Waals surface area contributed by atoms with Crippen LogP contribution in [0.25, 0.3) is 0 Å². The second-order valence-corrected chi connectivity index (χ2v) is 4.91. The molecule has 2 rings (SSSR count). The topological polar surface area (TPSA) is 78.9 Å². The van der Waals surface area contributed by atoms with Crippen LogP contribution in [0.5, 0.6) is 0 Å². The van der Waals surface area contributed by atoms with Crippen molar-refractivity contribution in [3.8, 4) is 0 Å². The first-order chi connectivity index (χ1) is 9.97. The van der Waals surface area contributed by atoms with Crippen molar-refractivity contribution in [3.63, 3.8) is 0 Å². The average molecular weight is 296 g/mol. The molecule has 1 saturated heterocycles. The maximum Gasteiger partial charge on any atom is 0.338 e. The zero-order valence-electron chi connectivity index (χ0n) is 11.6. The van der Waals surface area contributed by atoms with Crippen molar-refractivity contribution in [2.75, 3.05) is 25.0 Å². The number of amides is 2. The highest BCUT2D eigenvalue weighted by atomic mass is 19.1. The highest BCUT2D eigenvalue weighted by molar-refractivity contribution is 5.91. The van der Waals surface area contributed by atoms with E-state index in [0.717, 1.165) is 18.6 Å². The minimum Gasteiger partial charge on any atom is -0.478 e. The molecule has 1 aliphatic rings. The number of nitrogens with one attached hydrogen (secondary N) is 1. The van der Waals surface area contributed by atoms with Crippen LogP contribution in [0.15, 0.2) is 18.2 Å². The van der Waals surface area contributed by atoms with Crippen molar-refractivity contribution in [3.05, 3.63) is 29.6 Å². The standard InChI is InChI=1S/C14H17FN2O4/c1-9-8-17(5-2-6-21-9)14(20)16-10-3-4-11(13(18)19)12(15)7-10/h3-4,7,9H,2,5-6,8H2,1H3,(H,16,20)(H,18,19). The molecule has 1 atom stereocenters. The summed E-state index contributed by atoms with van der Waals surface area (Å²) in [6.07, 6.45) is 0.689. The molecule has 0 bridgehead atoms. The summed E-state index contributed by atoms with van der Waals surface area (Å²) in [4.78, 5) is 24.4. The zero-order chi connectivity index (χ0) is 15.4. The Bertz CT molecular complexity index is 550. The number of anilines is 1. The van der Waals surface area contributed by atoms with Crippen molar-refractivity contribution in [1.82, 2.24) is 4.90 Å². The van der Waals surface area contributed by atoms with E-state index in [-0.39, 0.29) is 17.8 Å². The number of carbonyl (C=O) groups is 2. The Morgan fingerprint density at radius 3 is 2.90 bits per heavy atom. The monoisotopic (exact) mass is 296 g/mol. The highest BCUT2D eigenvalue weighted by Gasteiger charge is 2.20. The van der Waals surface area contributed by atoms with Crippen molar-refractivity contribution in [2.24, 2.45) is 0 Å². The van der Waals surface area contributed by atoms with Crippen molar-refractivity contribution in [1.29, 1.82) is 0 Å². The summed E-state index contributed by atoms with van der Waals surface area (Å²) in [7, 11) is 0. The normalized spacial score (nSPS) is 19.0. The first-order valence-corrected chi connectivity index (χ1v) is 6.67. The summed E-state index contributed by atoms with van der Waals surface area (Å²) in [5.74, 6) is -2.23. The number of carbonyl (C=O) groups excluding carboxylic acids is 1. The predicted molar refractivity (Wildman–Crippen MR) is 74.0 cm³/mol. The number of hydrogen-bond donors (Lipinski definition) is 2. The van der Waals surface area contributed by atoms with Gasteiger partial charge in [0.15, 0.2) is 0 Å². The van der Waals surface area contributed by atoms with E-state index in [1.807, 2.05) is 6.92 Å². The lowest BCUT2D eigenvalue weighted by molar-refractivity contribution is 0.0691. The van der Waals surface area contributed by atoms with Gasteiger partial charge in [-0.3, -0.25) is 0 Å². The van der Waals surface area contributed by atoms with Gasteiger partial charge in [0, 0.05) is 25.4 Å². The lowest BCUT2D eigenvalue weighted by Gasteiger charge is -2.22. The molecule has 2 N–H and O–H groups in total. The number of ether oxygens (including phenoxy) is 1. The molecule has 1 aromatic carbocycles. The quantitative estimate of drug-likeness (QED) is 0.876. The number of carboxylic acids is 1. The average Bonchev–Trinajstić information content (AvgIpc) is 2.63. The van der Waals surface area contributed by atoms with E-state index < -0.39 is 17.3 Å². The van der Waals surface area contributed by atoms with E-state index in [9.17, 15) is 14.0 Å². The predicted octanol–water partition coefficient (Wildman–Crippen LogP) is 2.17. The minimum absolute atomic E-state index is 0.0515. The minimum atomic E-state index is -1.34. The largest absolute Gasteiger partial charge is 0.478 e. The van der Waals surface area contributed by atoms with Gasteiger partial charge < -0.3 is 20.1 Å². The second-order valence-electron chi connectivity index (χ2n) is 4.91. The molecule has 1 fully saturated rings. The van der Waals surface area contributed by atoms with Crippen molar-refractivity contribution in [2.45, 2.75) is 19.4 Å². The van der Waals surface area contributed by atoms with Crippen LogP contribution >= 0.6 is 0 Å².